The molecule has 0 aliphatic carbocycles. The van der Waals surface area contributed by atoms with Gasteiger partial charge in [0, 0.05) is 56.1 Å². The van der Waals surface area contributed by atoms with Gasteiger partial charge in [-0.1, -0.05) is 103 Å². The van der Waals surface area contributed by atoms with Crippen molar-refractivity contribution in [3.63, 3.8) is 0 Å². The highest BCUT2D eigenvalue weighted by atomic mass is 16.5. The number of anilines is 3. The Morgan fingerprint density at radius 1 is 0.522 bits per heavy atom. The van der Waals surface area contributed by atoms with E-state index in [0.29, 0.717) is 63.2 Å². The molecule has 15 nitrogen and oxygen atoms in total. The fourth-order valence-corrected chi connectivity index (χ4v) is 8.66. The van der Waals surface area contributed by atoms with Gasteiger partial charge in [-0.3, -0.25) is 19.2 Å². The van der Waals surface area contributed by atoms with E-state index in [1.165, 1.54) is 14.2 Å². The first-order chi connectivity index (χ1) is 32.6. The molecule has 2 fully saturated rings. The van der Waals surface area contributed by atoms with Crippen molar-refractivity contribution in [1.29, 1.82) is 0 Å². The minimum absolute atomic E-state index is 0.256. The molecule has 4 atom stereocenters. The molecule has 4 unspecified atom stereocenters. The second kappa shape index (κ2) is 23.0. The molecular formula is C52H57N7O8. The second-order valence-corrected chi connectivity index (χ2v) is 16.7. The lowest BCUT2D eigenvalue weighted by molar-refractivity contribution is -0.138. The lowest BCUT2D eigenvalue weighted by atomic mass is 10.0. The monoisotopic (exact) mass is 907 g/mol. The molecule has 0 saturated carbocycles. The van der Waals surface area contributed by atoms with Crippen molar-refractivity contribution in [3.05, 3.63) is 162 Å². The smallest absolute Gasteiger partial charge is 0.407 e. The van der Waals surface area contributed by atoms with Gasteiger partial charge in [0.2, 0.25) is 23.6 Å². The van der Waals surface area contributed by atoms with Crippen LogP contribution in [0.4, 0.5) is 26.7 Å². The number of carbonyl (C=O) groups is 6. The molecule has 6 amide bonds. The summed E-state index contributed by atoms with van der Waals surface area (Å²) in [4.78, 5) is 84.8. The van der Waals surface area contributed by atoms with Gasteiger partial charge in [-0.15, -0.1) is 0 Å². The van der Waals surface area contributed by atoms with E-state index >= 15 is 0 Å². The van der Waals surface area contributed by atoms with Crippen molar-refractivity contribution in [2.75, 3.05) is 42.8 Å². The van der Waals surface area contributed by atoms with E-state index in [9.17, 15) is 28.8 Å². The molecule has 2 aliphatic rings. The first kappa shape index (κ1) is 47.3. The molecule has 0 bridgehead atoms. The van der Waals surface area contributed by atoms with Gasteiger partial charge in [-0.25, -0.2) is 9.59 Å². The van der Waals surface area contributed by atoms with Crippen LogP contribution in [0.25, 0.3) is 0 Å². The number of nitrogens with one attached hydrogen (secondary N) is 4. The van der Waals surface area contributed by atoms with Crippen LogP contribution in [0.1, 0.15) is 47.9 Å². The van der Waals surface area contributed by atoms with E-state index in [0.717, 1.165) is 27.9 Å². The second-order valence-electron chi connectivity index (χ2n) is 16.7. The molecule has 4 N–H and O–H groups in total. The molecule has 2 saturated heterocycles. The zero-order valence-electron chi connectivity index (χ0n) is 37.8. The summed E-state index contributed by atoms with van der Waals surface area (Å²) in [5.41, 5.74) is 5.95. The Morgan fingerprint density at radius 2 is 0.896 bits per heavy atom. The number of hydrogen-bond donors (Lipinski definition) is 4. The molecule has 5 aromatic rings. The highest BCUT2D eigenvalue weighted by Crippen LogP contribution is 2.26. The number of nitrogens with zero attached hydrogens (tertiary/aromatic N) is 3. The number of para-hydroxylation sites is 1. The quantitative estimate of drug-likeness (QED) is 0.0792. The highest BCUT2D eigenvalue weighted by Gasteiger charge is 2.39. The third-order valence-electron chi connectivity index (χ3n) is 12.1. The number of hydrogen-bond acceptors (Lipinski definition) is 9. The summed E-state index contributed by atoms with van der Waals surface area (Å²) in [6, 6.07) is 40.8. The third-order valence-corrected chi connectivity index (χ3v) is 12.1. The van der Waals surface area contributed by atoms with Crippen LogP contribution in [0.5, 0.6) is 0 Å². The first-order valence-corrected chi connectivity index (χ1v) is 22.6. The summed E-state index contributed by atoms with van der Waals surface area (Å²) in [6.45, 7) is 1.90. The summed E-state index contributed by atoms with van der Waals surface area (Å²) in [5, 5.41) is 11.3. The molecular weight excluding hydrogens is 851 g/mol. The standard InChI is InChI=1S/C52H57N7O8/c1-66-51(64)55-43(32-36-14-6-3-7-15-36)49(62)58-30-12-20-45(58)47(60)53-40-26-22-38(23-27-40)34-57(42-18-10-5-11-19-42)35-39-24-28-41(29-25-39)54-48(61)46-21-13-31-59(46)50(63)44(56-52(65)67-2)33-37-16-8-4-9-17-37/h3-11,14-19,22-29,43-46H,12-13,20-21,30-35H2,1-2H3,(H,53,60)(H,54,61)(H,55,64)(H,56,65). The van der Waals surface area contributed by atoms with Gasteiger partial charge in [0.25, 0.3) is 0 Å². The molecule has 0 spiro atoms. The summed E-state index contributed by atoms with van der Waals surface area (Å²) in [7, 11) is 2.49. The Bertz CT molecular complexity index is 2300. The molecule has 7 rings (SSSR count). The largest absolute Gasteiger partial charge is 0.453 e. The molecule has 5 aromatic carbocycles. The molecule has 348 valence electrons. The van der Waals surface area contributed by atoms with E-state index in [1.807, 2.05) is 140 Å². The fraction of sp³-hybridized carbons (Fsp3) is 0.308. The van der Waals surface area contributed by atoms with Crippen LogP contribution in [0.2, 0.25) is 0 Å². The predicted octanol–water partition coefficient (Wildman–Crippen LogP) is 6.69. The van der Waals surface area contributed by atoms with E-state index < -0.39 is 36.4 Å². The Hall–Kier alpha value is -7.68. The van der Waals surface area contributed by atoms with Gasteiger partial charge < -0.3 is 45.4 Å². The number of ether oxygens (including phenoxy) is 2. The average Bonchev–Trinajstić information content (AvgIpc) is 4.07. The van der Waals surface area contributed by atoms with E-state index in [2.05, 4.69) is 26.2 Å². The SMILES string of the molecule is COC(=O)NC(Cc1ccccc1)C(=O)N1CCCC1C(=O)Nc1ccc(CN(Cc2ccc(NC(=O)C3CCCN3C(=O)C(Cc3ccccc3)NC(=O)OC)cc2)c2ccccc2)cc1. The number of methoxy groups -OCH3 is 2. The van der Waals surface area contributed by atoms with Gasteiger partial charge in [0.15, 0.2) is 0 Å². The molecule has 0 radical (unpaired) electrons. The predicted molar refractivity (Wildman–Crippen MR) is 255 cm³/mol. The Labute approximate surface area is 390 Å². The molecule has 67 heavy (non-hydrogen) atoms. The maximum atomic E-state index is 13.8. The molecule has 15 heteroatoms. The number of rotatable bonds is 17. The van der Waals surface area contributed by atoms with E-state index in [-0.39, 0.29) is 36.5 Å². The van der Waals surface area contributed by atoms with E-state index in [1.54, 1.807) is 9.80 Å². The molecule has 2 aliphatic heterocycles. The summed E-state index contributed by atoms with van der Waals surface area (Å²) >= 11 is 0. The fourth-order valence-electron chi connectivity index (χ4n) is 8.66. The van der Waals surface area contributed by atoms with Crippen LogP contribution in [-0.2, 0) is 54.6 Å². The van der Waals surface area contributed by atoms with Crippen molar-refractivity contribution in [1.82, 2.24) is 20.4 Å². The lowest BCUT2D eigenvalue weighted by Gasteiger charge is -2.28. The van der Waals surface area contributed by atoms with Crippen LogP contribution >= 0.6 is 0 Å². The van der Waals surface area contributed by atoms with Gasteiger partial charge in [0.1, 0.15) is 24.2 Å². The van der Waals surface area contributed by atoms with Gasteiger partial charge in [-0.2, -0.15) is 0 Å². The van der Waals surface area contributed by atoms with Gasteiger partial charge >= 0.3 is 12.2 Å². The average molecular weight is 908 g/mol. The zero-order valence-corrected chi connectivity index (χ0v) is 37.8. The maximum absolute atomic E-state index is 13.8. The summed E-state index contributed by atoms with van der Waals surface area (Å²) in [5.74, 6) is -1.27. The normalized spacial score (nSPS) is 16.3. The van der Waals surface area contributed by atoms with E-state index in [4.69, 9.17) is 9.47 Å². The van der Waals surface area contributed by atoms with Crippen molar-refractivity contribution in [3.8, 4) is 0 Å². The highest BCUT2D eigenvalue weighted by molar-refractivity contribution is 5.99. The minimum atomic E-state index is -0.898. The Morgan fingerprint density at radius 3 is 1.27 bits per heavy atom. The number of carbonyl (C=O) groups excluding carboxylic acids is 6. The number of likely N-dealkylation sites (tertiary alicyclic amines) is 2. The number of alkyl carbamates (subject to hydrolysis) is 2. The molecule has 2 heterocycles. The summed E-state index contributed by atoms with van der Waals surface area (Å²) in [6.07, 6.45) is 1.38. The maximum Gasteiger partial charge on any atom is 0.407 e. The van der Waals surface area contributed by atoms with Crippen LogP contribution in [-0.4, -0.2) is 97.1 Å². The van der Waals surface area contributed by atoms with Crippen molar-refractivity contribution in [2.24, 2.45) is 0 Å². The Kier molecular flexibility index (Phi) is 16.2. The number of benzene rings is 5. The minimum Gasteiger partial charge on any atom is -0.453 e. The van der Waals surface area contributed by atoms with Crippen molar-refractivity contribution < 1.29 is 38.2 Å². The van der Waals surface area contributed by atoms with Crippen LogP contribution in [0.15, 0.2) is 140 Å². The first-order valence-electron chi connectivity index (χ1n) is 22.6. The zero-order chi connectivity index (χ0) is 47.1. The lowest BCUT2D eigenvalue weighted by Crippen LogP contribution is -2.53. The Balaban J connectivity index is 0.961. The topological polar surface area (TPSA) is 179 Å². The number of amides is 6. The summed E-state index contributed by atoms with van der Waals surface area (Å²) < 4.78 is 9.60. The van der Waals surface area contributed by atoms with Crippen LogP contribution in [0, 0.1) is 0 Å². The van der Waals surface area contributed by atoms with Crippen molar-refractivity contribution >= 4 is 52.9 Å². The van der Waals surface area contributed by atoms with Crippen LogP contribution < -0.4 is 26.2 Å². The third kappa shape index (κ3) is 12.8. The van der Waals surface area contributed by atoms with Crippen LogP contribution in [0.3, 0.4) is 0 Å². The van der Waals surface area contributed by atoms with Gasteiger partial charge in [0.05, 0.1) is 14.2 Å². The molecule has 0 aromatic heterocycles. The van der Waals surface area contributed by atoms with Crippen molar-refractivity contribution in [2.45, 2.75) is 75.8 Å². The van der Waals surface area contributed by atoms with Gasteiger partial charge in [-0.05, 0) is 84.3 Å².